The number of aryl methyl sites for hydroxylation is 1. The van der Waals surface area contributed by atoms with Crippen LogP contribution in [0.15, 0.2) is 71.6 Å². The average molecular weight is 485 g/mol. The Balaban J connectivity index is 1.85. The van der Waals surface area contributed by atoms with E-state index in [0.717, 1.165) is 0 Å². The van der Waals surface area contributed by atoms with E-state index >= 15 is 0 Å². The Morgan fingerprint density at radius 1 is 0.882 bits per heavy atom. The van der Waals surface area contributed by atoms with Gasteiger partial charge in [0.05, 0.1) is 30.5 Å². The molecule has 0 fully saturated rings. The van der Waals surface area contributed by atoms with Gasteiger partial charge < -0.3 is 19.9 Å². The molecule has 0 atom stereocenters. The zero-order valence-corrected chi connectivity index (χ0v) is 19.4. The number of amides is 1. The summed E-state index contributed by atoms with van der Waals surface area (Å²) >= 11 is 0. The molecule has 3 rings (SSSR count). The van der Waals surface area contributed by atoms with Crippen molar-refractivity contribution >= 4 is 33.3 Å². The summed E-state index contributed by atoms with van der Waals surface area (Å²) in [5.74, 6) is -0.891. The first-order chi connectivity index (χ1) is 16.2. The third-order valence-corrected chi connectivity index (χ3v) is 6.29. The van der Waals surface area contributed by atoms with Gasteiger partial charge in [-0.2, -0.15) is 0 Å². The van der Waals surface area contributed by atoms with Crippen LogP contribution in [0.1, 0.15) is 22.3 Å². The van der Waals surface area contributed by atoms with E-state index in [1.54, 1.807) is 42.5 Å². The monoisotopic (exact) mass is 484 g/mol. The second-order valence-corrected chi connectivity index (χ2v) is 8.90. The molecule has 0 aliphatic heterocycles. The van der Waals surface area contributed by atoms with Gasteiger partial charge >= 0.3 is 5.97 Å². The normalized spacial score (nSPS) is 10.9. The molecular formula is C24H24N2O7S. The topological polar surface area (TPSA) is 131 Å². The maximum atomic E-state index is 12.9. The van der Waals surface area contributed by atoms with Crippen molar-refractivity contribution in [2.75, 3.05) is 24.3 Å². The number of ether oxygens (including phenoxy) is 2. The van der Waals surface area contributed by atoms with Gasteiger partial charge in [-0.3, -0.25) is 14.3 Å². The summed E-state index contributed by atoms with van der Waals surface area (Å²) in [4.78, 5) is 23.3. The lowest BCUT2D eigenvalue weighted by Gasteiger charge is -2.17. The molecule has 3 aromatic rings. The molecule has 0 unspecified atom stereocenters. The van der Waals surface area contributed by atoms with E-state index in [2.05, 4.69) is 10.0 Å². The summed E-state index contributed by atoms with van der Waals surface area (Å²) in [7, 11) is -1.22. The predicted octanol–water partition coefficient (Wildman–Crippen LogP) is 3.77. The van der Waals surface area contributed by atoms with Crippen LogP contribution in [0, 0.1) is 0 Å². The van der Waals surface area contributed by atoms with Crippen molar-refractivity contribution in [3.05, 3.63) is 77.9 Å². The van der Waals surface area contributed by atoms with Crippen LogP contribution in [0.5, 0.6) is 11.5 Å². The number of carboxylic acid groups (broad SMARTS) is 1. The van der Waals surface area contributed by atoms with Gasteiger partial charge in [-0.15, -0.1) is 0 Å². The minimum atomic E-state index is -3.99. The average Bonchev–Trinajstić information content (AvgIpc) is 2.83. The maximum Gasteiger partial charge on any atom is 0.303 e. The lowest BCUT2D eigenvalue weighted by molar-refractivity contribution is -0.136. The maximum absolute atomic E-state index is 12.9. The molecule has 9 nitrogen and oxygen atoms in total. The molecule has 0 aliphatic carbocycles. The molecule has 0 radical (unpaired) electrons. The summed E-state index contributed by atoms with van der Waals surface area (Å²) in [6.07, 6.45) is 0.249. The first kappa shape index (κ1) is 24.6. The Morgan fingerprint density at radius 3 is 2.06 bits per heavy atom. The number of carboxylic acids is 1. The Hall–Kier alpha value is -4.05. The van der Waals surface area contributed by atoms with Gasteiger partial charge in [0, 0.05) is 24.1 Å². The van der Waals surface area contributed by atoms with Crippen molar-refractivity contribution in [2.24, 2.45) is 0 Å². The number of nitrogens with one attached hydrogen (secondary N) is 2. The number of rotatable bonds is 10. The van der Waals surface area contributed by atoms with Crippen LogP contribution in [-0.2, 0) is 21.2 Å². The zero-order valence-electron chi connectivity index (χ0n) is 18.6. The van der Waals surface area contributed by atoms with E-state index in [9.17, 15) is 18.0 Å². The Kier molecular flexibility index (Phi) is 7.75. The summed E-state index contributed by atoms with van der Waals surface area (Å²) in [6.45, 7) is 0. The number of methoxy groups -OCH3 is 2. The molecule has 0 saturated heterocycles. The van der Waals surface area contributed by atoms with Gasteiger partial charge in [0.25, 0.3) is 15.9 Å². The number of carbonyl (C=O) groups excluding carboxylic acids is 1. The first-order valence-corrected chi connectivity index (χ1v) is 11.7. The highest BCUT2D eigenvalue weighted by molar-refractivity contribution is 7.92. The van der Waals surface area contributed by atoms with Gasteiger partial charge in [0.1, 0.15) is 11.5 Å². The molecule has 0 heterocycles. The summed E-state index contributed by atoms with van der Waals surface area (Å²) < 4.78 is 39.0. The van der Waals surface area contributed by atoms with Gasteiger partial charge in [-0.25, -0.2) is 8.42 Å². The molecule has 3 N–H and O–H groups in total. The minimum absolute atomic E-state index is 0.00551. The number of benzene rings is 3. The molecule has 3 aromatic carbocycles. The Morgan fingerprint density at radius 2 is 1.47 bits per heavy atom. The van der Waals surface area contributed by atoms with Crippen molar-refractivity contribution in [2.45, 2.75) is 17.7 Å². The zero-order chi connectivity index (χ0) is 24.7. The van der Waals surface area contributed by atoms with Crippen molar-refractivity contribution < 1.29 is 32.6 Å². The number of hydrogen-bond acceptors (Lipinski definition) is 6. The highest BCUT2D eigenvalue weighted by Crippen LogP contribution is 2.37. The van der Waals surface area contributed by atoms with Crippen molar-refractivity contribution in [3.63, 3.8) is 0 Å². The van der Waals surface area contributed by atoms with Crippen LogP contribution < -0.4 is 19.5 Å². The van der Waals surface area contributed by atoms with E-state index in [0.29, 0.717) is 23.2 Å². The molecular weight excluding hydrogens is 460 g/mol. The molecule has 0 bridgehead atoms. The van der Waals surface area contributed by atoms with E-state index in [4.69, 9.17) is 14.6 Å². The number of aliphatic carboxylic acids is 1. The highest BCUT2D eigenvalue weighted by Gasteiger charge is 2.20. The second-order valence-electron chi connectivity index (χ2n) is 7.22. The van der Waals surface area contributed by atoms with Gasteiger partial charge in [-0.05, 0) is 36.2 Å². The molecule has 0 spiro atoms. The van der Waals surface area contributed by atoms with Gasteiger partial charge in [0.15, 0.2) is 0 Å². The molecule has 0 aliphatic rings. The van der Waals surface area contributed by atoms with E-state index in [1.165, 1.54) is 38.5 Å². The fourth-order valence-corrected chi connectivity index (χ4v) is 4.21. The Labute approximate surface area is 197 Å². The van der Waals surface area contributed by atoms with Crippen molar-refractivity contribution in [1.29, 1.82) is 0 Å². The number of hydrogen-bond donors (Lipinski definition) is 3. The smallest absolute Gasteiger partial charge is 0.303 e. The van der Waals surface area contributed by atoms with Crippen molar-refractivity contribution in [3.8, 4) is 11.5 Å². The van der Waals surface area contributed by atoms with Crippen LogP contribution in [0.4, 0.5) is 11.4 Å². The molecule has 1 amide bonds. The van der Waals surface area contributed by atoms with Gasteiger partial charge in [-0.1, -0.05) is 30.3 Å². The van der Waals surface area contributed by atoms with E-state index < -0.39 is 16.0 Å². The largest absolute Gasteiger partial charge is 0.494 e. The number of anilines is 2. The van der Waals surface area contributed by atoms with E-state index in [-0.39, 0.29) is 34.4 Å². The third-order valence-electron chi connectivity index (χ3n) is 4.91. The standard InChI is InChI=1S/C24H24N2O7S/c1-32-21-15-20(22(33-2)14-19(21)25-24(29)17-6-4-3-5-7-17)26-34(30,31)18-11-8-16(9-12-18)10-13-23(27)28/h3-9,11-12,14-15,26H,10,13H2,1-2H3,(H,25,29)(H,27,28). The molecule has 0 aromatic heterocycles. The van der Waals surface area contributed by atoms with E-state index in [1.807, 2.05) is 0 Å². The minimum Gasteiger partial charge on any atom is -0.494 e. The van der Waals surface area contributed by atoms with Gasteiger partial charge in [0.2, 0.25) is 0 Å². The highest BCUT2D eigenvalue weighted by atomic mass is 32.2. The molecule has 10 heteroatoms. The molecule has 34 heavy (non-hydrogen) atoms. The fourth-order valence-electron chi connectivity index (χ4n) is 3.15. The first-order valence-electron chi connectivity index (χ1n) is 10.2. The van der Waals surface area contributed by atoms with Crippen LogP contribution in [-0.4, -0.2) is 39.6 Å². The predicted molar refractivity (Wildman–Crippen MR) is 127 cm³/mol. The molecule has 178 valence electrons. The molecule has 0 saturated carbocycles. The van der Waals surface area contributed by atoms with Crippen molar-refractivity contribution in [1.82, 2.24) is 0 Å². The summed E-state index contributed by atoms with van der Waals surface area (Å²) in [6, 6.07) is 17.4. The number of sulfonamides is 1. The summed E-state index contributed by atoms with van der Waals surface area (Å²) in [5.41, 5.74) is 1.57. The van der Waals surface area contributed by atoms with Crippen LogP contribution in [0.2, 0.25) is 0 Å². The fraction of sp³-hybridized carbons (Fsp3) is 0.167. The summed E-state index contributed by atoms with van der Waals surface area (Å²) in [5, 5.41) is 11.5. The van der Waals surface area contributed by atoms with Crippen LogP contribution in [0.25, 0.3) is 0 Å². The Bertz CT molecular complexity index is 1270. The third kappa shape index (κ3) is 6.04. The number of carbonyl (C=O) groups is 2. The van der Waals surface area contributed by atoms with Crippen LogP contribution in [0.3, 0.4) is 0 Å². The lowest BCUT2D eigenvalue weighted by Crippen LogP contribution is -2.15. The SMILES string of the molecule is COc1cc(NS(=O)(=O)c2ccc(CCC(=O)O)cc2)c(OC)cc1NC(=O)c1ccccc1. The van der Waals surface area contributed by atoms with Crippen LogP contribution >= 0.6 is 0 Å². The second kappa shape index (κ2) is 10.7. The quantitative estimate of drug-likeness (QED) is 0.399. The lowest BCUT2D eigenvalue weighted by atomic mass is 10.1.